The Morgan fingerprint density at radius 1 is 1.17 bits per heavy atom. The fourth-order valence-electron chi connectivity index (χ4n) is 1.76. The lowest BCUT2D eigenvalue weighted by atomic mass is 9.92. The molecule has 1 aliphatic heterocycles. The third-order valence-electron chi connectivity index (χ3n) is 2.60. The molecule has 4 nitrogen and oxygen atoms in total. The van der Waals surface area contributed by atoms with E-state index in [9.17, 15) is 0 Å². The third-order valence-corrected chi connectivity index (χ3v) is 2.60. The monoisotopic (exact) mass is 172 g/mol. The second-order valence-corrected chi connectivity index (χ2v) is 3.65. The van der Waals surface area contributed by atoms with Gasteiger partial charge in [0.15, 0.2) is 6.23 Å². The van der Waals surface area contributed by atoms with Crippen molar-refractivity contribution in [2.24, 2.45) is 5.73 Å². The van der Waals surface area contributed by atoms with Crippen molar-refractivity contribution < 1.29 is 9.78 Å². The Morgan fingerprint density at radius 2 is 1.83 bits per heavy atom. The van der Waals surface area contributed by atoms with Gasteiger partial charge in [-0.2, -0.15) is 0 Å². The maximum Gasteiger partial charge on any atom is 0.170 e. The van der Waals surface area contributed by atoms with Crippen molar-refractivity contribution in [2.45, 2.75) is 44.0 Å². The van der Waals surface area contributed by atoms with E-state index in [1.807, 2.05) is 0 Å². The Balaban J connectivity index is 1.67. The number of rotatable bonds is 2. The molecule has 0 radical (unpaired) electrons. The van der Waals surface area contributed by atoms with Crippen LogP contribution in [0.25, 0.3) is 0 Å². The van der Waals surface area contributed by atoms with Gasteiger partial charge in [-0.3, -0.25) is 5.32 Å². The van der Waals surface area contributed by atoms with Crippen molar-refractivity contribution in [1.82, 2.24) is 5.32 Å². The van der Waals surface area contributed by atoms with Crippen LogP contribution in [0, 0.1) is 0 Å². The van der Waals surface area contributed by atoms with E-state index in [1.165, 1.54) is 12.8 Å². The standard InChI is InChI=1S/C8H16N2O2/c9-6-1-3-7(4-2-6)10-8-5-11-12-8/h6-8,10H,1-5,9H2. The van der Waals surface area contributed by atoms with Gasteiger partial charge < -0.3 is 5.73 Å². The normalized spacial score (nSPS) is 42.2. The molecule has 2 aliphatic rings. The highest BCUT2D eigenvalue weighted by Crippen LogP contribution is 2.18. The van der Waals surface area contributed by atoms with E-state index in [2.05, 4.69) is 10.2 Å². The zero-order valence-corrected chi connectivity index (χ0v) is 7.16. The highest BCUT2D eigenvalue weighted by atomic mass is 17.2. The van der Waals surface area contributed by atoms with Crippen molar-refractivity contribution in [3.05, 3.63) is 0 Å². The first-order valence-corrected chi connectivity index (χ1v) is 4.64. The predicted octanol–water partition coefficient (Wildman–Crippen LogP) is 0.134. The van der Waals surface area contributed by atoms with E-state index in [-0.39, 0.29) is 6.23 Å². The first kappa shape index (κ1) is 8.44. The van der Waals surface area contributed by atoms with Gasteiger partial charge in [0, 0.05) is 12.1 Å². The quantitative estimate of drug-likeness (QED) is 0.581. The van der Waals surface area contributed by atoms with Crippen LogP contribution in [0.3, 0.4) is 0 Å². The summed E-state index contributed by atoms with van der Waals surface area (Å²) in [6.07, 6.45) is 4.72. The summed E-state index contributed by atoms with van der Waals surface area (Å²) in [5, 5.41) is 3.37. The van der Waals surface area contributed by atoms with Gasteiger partial charge in [0.25, 0.3) is 0 Å². The summed E-state index contributed by atoms with van der Waals surface area (Å²) in [6, 6.07) is 1.00. The molecule has 1 unspecified atom stereocenters. The lowest BCUT2D eigenvalue weighted by molar-refractivity contribution is -0.432. The van der Waals surface area contributed by atoms with E-state index in [0.29, 0.717) is 18.7 Å². The van der Waals surface area contributed by atoms with Gasteiger partial charge in [-0.1, -0.05) is 0 Å². The highest BCUT2D eigenvalue weighted by molar-refractivity contribution is 4.79. The minimum Gasteiger partial charge on any atom is -0.328 e. The van der Waals surface area contributed by atoms with Crippen LogP contribution in [0.1, 0.15) is 25.7 Å². The van der Waals surface area contributed by atoms with Gasteiger partial charge in [-0.05, 0) is 25.7 Å². The molecule has 1 saturated carbocycles. The van der Waals surface area contributed by atoms with Crippen LogP contribution in [0.4, 0.5) is 0 Å². The van der Waals surface area contributed by atoms with Gasteiger partial charge in [0.05, 0.1) is 0 Å². The summed E-state index contributed by atoms with van der Waals surface area (Å²) in [5.41, 5.74) is 5.79. The van der Waals surface area contributed by atoms with E-state index in [4.69, 9.17) is 10.6 Å². The van der Waals surface area contributed by atoms with Gasteiger partial charge in [0.1, 0.15) is 6.61 Å². The largest absolute Gasteiger partial charge is 0.328 e. The molecular weight excluding hydrogens is 156 g/mol. The minimum atomic E-state index is 0.129. The Kier molecular flexibility index (Phi) is 2.60. The maximum absolute atomic E-state index is 5.79. The topological polar surface area (TPSA) is 56.5 Å². The Hall–Kier alpha value is -0.160. The van der Waals surface area contributed by atoms with Crippen LogP contribution in [-0.2, 0) is 9.78 Å². The molecular formula is C8H16N2O2. The maximum atomic E-state index is 5.79. The van der Waals surface area contributed by atoms with Crippen LogP contribution in [0.2, 0.25) is 0 Å². The average Bonchev–Trinajstić information content (AvgIpc) is 2.00. The zero-order valence-electron chi connectivity index (χ0n) is 7.16. The molecule has 1 atom stereocenters. The molecule has 0 spiro atoms. The van der Waals surface area contributed by atoms with Crippen LogP contribution in [0.5, 0.6) is 0 Å². The first-order chi connectivity index (χ1) is 5.84. The van der Waals surface area contributed by atoms with Gasteiger partial charge in [-0.15, -0.1) is 0 Å². The van der Waals surface area contributed by atoms with Crippen molar-refractivity contribution >= 4 is 0 Å². The zero-order chi connectivity index (χ0) is 8.39. The lowest BCUT2D eigenvalue weighted by Crippen LogP contribution is -2.50. The second kappa shape index (κ2) is 3.70. The first-order valence-electron chi connectivity index (χ1n) is 4.64. The molecule has 1 heterocycles. The molecule has 0 aromatic rings. The third kappa shape index (κ3) is 1.95. The molecule has 3 N–H and O–H groups in total. The minimum absolute atomic E-state index is 0.129. The predicted molar refractivity (Wildman–Crippen MR) is 44.2 cm³/mol. The SMILES string of the molecule is NC1CCC(NC2COO2)CC1. The number of hydrogen-bond donors (Lipinski definition) is 2. The number of nitrogens with two attached hydrogens (primary N) is 1. The Bertz CT molecular complexity index is 142. The molecule has 4 heteroatoms. The summed E-state index contributed by atoms with van der Waals surface area (Å²) < 4.78 is 0. The molecule has 12 heavy (non-hydrogen) atoms. The summed E-state index contributed by atoms with van der Waals surface area (Å²) in [4.78, 5) is 9.43. The molecule has 1 saturated heterocycles. The number of nitrogens with one attached hydrogen (secondary N) is 1. The van der Waals surface area contributed by atoms with Gasteiger partial charge in [0.2, 0.25) is 0 Å². The molecule has 0 amide bonds. The number of hydrogen-bond acceptors (Lipinski definition) is 4. The molecule has 0 aromatic heterocycles. The molecule has 0 aromatic carbocycles. The fraction of sp³-hybridized carbons (Fsp3) is 1.00. The molecule has 1 aliphatic carbocycles. The molecule has 2 rings (SSSR count). The summed E-state index contributed by atoms with van der Waals surface area (Å²) in [5.74, 6) is 0. The van der Waals surface area contributed by atoms with Crippen LogP contribution in [-0.4, -0.2) is 24.9 Å². The fourth-order valence-corrected chi connectivity index (χ4v) is 1.76. The molecule has 2 fully saturated rings. The molecule has 0 bridgehead atoms. The Labute approximate surface area is 72.3 Å². The van der Waals surface area contributed by atoms with Crippen molar-refractivity contribution in [1.29, 1.82) is 0 Å². The van der Waals surface area contributed by atoms with Crippen molar-refractivity contribution in [3.8, 4) is 0 Å². The van der Waals surface area contributed by atoms with Crippen LogP contribution in [0.15, 0.2) is 0 Å². The summed E-state index contributed by atoms with van der Waals surface area (Å²) in [7, 11) is 0. The smallest absolute Gasteiger partial charge is 0.170 e. The van der Waals surface area contributed by atoms with E-state index >= 15 is 0 Å². The Morgan fingerprint density at radius 3 is 2.33 bits per heavy atom. The van der Waals surface area contributed by atoms with Crippen molar-refractivity contribution in [2.75, 3.05) is 6.61 Å². The lowest BCUT2D eigenvalue weighted by Gasteiger charge is -2.33. The molecule has 70 valence electrons. The second-order valence-electron chi connectivity index (χ2n) is 3.65. The van der Waals surface area contributed by atoms with Crippen molar-refractivity contribution in [3.63, 3.8) is 0 Å². The van der Waals surface area contributed by atoms with E-state index < -0.39 is 0 Å². The van der Waals surface area contributed by atoms with E-state index in [1.54, 1.807) is 0 Å². The van der Waals surface area contributed by atoms with Gasteiger partial charge >= 0.3 is 0 Å². The summed E-state index contributed by atoms with van der Waals surface area (Å²) >= 11 is 0. The van der Waals surface area contributed by atoms with Crippen LogP contribution < -0.4 is 11.1 Å². The summed E-state index contributed by atoms with van der Waals surface area (Å²) in [6.45, 7) is 0.683. The van der Waals surface area contributed by atoms with E-state index in [0.717, 1.165) is 12.8 Å². The van der Waals surface area contributed by atoms with Gasteiger partial charge in [-0.25, -0.2) is 9.78 Å². The average molecular weight is 172 g/mol. The van der Waals surface area contributed by atoms with Crippen LogP contribution >= 0.6 is 0 Å². The highest BCUT2D eigenvalue weighted by Gasteiger charge is 2.26.